The zero-order valence-corrected chi connectivity index (χ0v) is 10.6. The summed E-state index contributed by atoms with van der Waals surface area (Å²) in [4.78, 5) is 0. The molecule has 3 nitrogen and oxygen atoms in total. The number of halogens is 3. The van der Waals surface area contributed by atoms with Crippen LogP contribution in [-0.4, -0.2) is 13.5 Å². The highest BCUT2D eigenvalue weighted by molar-refractivity contribution is 5.77. The maximum Gasteiger partial charge on any atom is 0.573 e. The Kier molecular flexibility index (Phi) is 3.74. The Hall–Kier alpha value is -2.37. The third kappa shape index (κ3) is 3.14. The molecule has 0 spiro atoms. The van der Waals surface area contributed by atoms with Gasteiger partial charge < -0.3 is 15.2 Å². The zero-order chi connectivity index (χ0) is 14.8. The number of alkyl halides is 3. The monoisotopic (exact) mass is 283 g/mol. The van der Waals surface area contributed by atoms with E-state index in [0.717, 1.165) is 0 Å². The van der Waals surface area contributed by atoms with E-state index in [2.05, 4.69) is 4.74 Å². The van der Waals surface area contributed by atoms with Crippen LogP contribution in [0.1, 0.15) is 0 Å². The van der Waals surface area contributed by atoms with E-state index in [1.54, 1.807) is 18.2 Å². The van der Waals surface area contributed by atoms with Crippen molar-refractivity contribution in [2.24, 2.45) is 0 Å². The fourth-order valence-electron chi connectivity index (χ4n) is 1.85. The number of methoxy groups -OCH3 is 1. The Balaban J connectivity index is 2.33. The average molecular weight is 283 g/mol. The van der Waals surface area contributed by atoms with Crippen LogP contribution in [0.2, 0.25) is 0 Å². The highest BCUT2D eigenvalue weighted by Gasteiger charge is 2.30. The van der Waals surface area contributed by atoms with Crippen LogP contribution in [0.25, 0.3) is 11.1 Å². The van der Waals surface area contributed by atoms with Gasteiger partial charge in [0.05, 0.1) is 12.8 Å². The number of para-hydroxylation sites is 1. The average Bonchev–Trinajstić information content (AvgIpc) is 2.37. The lowest BCUT2D eigenvalue weighted by Gasteiger charge is -2.12. The van der Waals surface area contributed by atoms with Crippen molar-refractivity contribution in [3.8, 4) is 22.6 Å². The summed E-state index contributed by atoms with van der Waals surface area (Å²) in [6.07, 6.45) is -4.70. The maximum absolute atomic E-state index is 12.1. The molecule has 0 heterocycles. The van der Waals surface area contributed by atoms with Gasteiger partial charge in [0, 0.05) is 5.56 Å². The molecule has 0 aliphatic carbocycles. The Labute approximate surface area is 113 Å². The van der Waals surface area contributed by atoms with Gasteiger partial charge >= 0.3 is 6.36 Å². The first-order valence-corrected chi connectivity index (χ1v) is 5.69. The Bertz CT molecular complexity index is 594. The molecule has 2 aromatic rings. The Morgan fingerprint density at radius 3 is 2.20 bits per heavy atom. The van der Waals surface area contributed by atoms with Gasteiger partial charge in [-0.05, 0) is 23.8 Å². The van der Waals surface area contributed by atoms with Gasteiger partial charge in [-0.3, -0.25) is 0 Å². The fraction of sp³-hybridized carbons (Fsp3) is 0.143. The number of benzene rings is 2. The van der Waals surface area contributed by atoms with Crippen LogP contribution in [0.5, 0.6) is 11.5 Å². The highest BCUT2D eigenvalue weighted by atomic mass is 19.4. The van der Waals surface area contributed by atoms with Gasteiger partial charge in [0.2, 0.25) is 0 Å². The second-order valence-corrected chi connectivity index (χ2v) is 4.00. The van der Waals surface area contributed by atoms with Crippen LogP contribution in [0.3, 0.4) is 0 Å². The smallest absolute Gasteiger partial charge is 0.494 e. The van der Waals surface area contributed by atoms with Crippen molar-refractivity contribution in [3.63, 3.8) is 0 Å². The highest BCUT2D eigenvalue weighted by Crippen LogP contribution is 2.35. The number of ether oxygens (including phenoxy) is 2. The molecule has 6 heteroatoms. The van der Waals surface area contributed by atoms with E-state index in [1.165, 1.54) is 31.4 Å². The molecule has 0 bridgehead atoms. The van der Waals surface area contributed by atoms with Crippen LogP contribution >= 0.6 is 0 Å². The van der Waals surface area contributed by atoms with E-state index >= 15 is 0 Å². The predicted molar refractivity (Wildman–Crippen MR) is 69.5 cm³/mol. The molecule has 2 N–H and O–H groups in total. The van der Waals surface area contributed by atoms with Gasteiger partial charge in [-0.2, -0.15) is 0 Å². The largest absolute Gasteiger partial charge is 0.573 e. The molecule has 0 aliphatic heterocycles. The molecule has 0 saturated carbocycles. The molecule has 0 aromatic heterocycles. The third-order valence-electron chi connectivity index (χ3n) is 2.65. The first-order valence-electron chi connectivity index (χ1n) is 5.69. The van der Waals surface area contributed by atoms with Gasteiger partial charge in [0.1, 0.15) is 11.5 Å². The molecule has 0 atom stereocenters. The number of nitrogen functional groups attached to an aromatic ring is 1. The molecular weight excluding hydrogens is 271 g/mol. The summed E-state index contributed by atoms with van der Waals surface area (Å²) in [5, 5.41) is 0. The number of hydrogen-bond donors (Lipinski definition) is 1. The molecule has 0 unspecified atom stereocenters. The first kappa shape index (κ1) is 14.0. The minimum atomic E-state index is -4.70. The second-order valence-electron chi connectivity index (χ2n) is 4.00. The van der Waals surface area contributed by atoms with Gasteiger partial charge in [-0.25, -0.2) is 0 Å². The SMILES string of the molecule is COc1c(N)cccc1-c1ccc(OC(F)(F)F)cc1. The number of rotatable bonds is 3. The summed E-state index contributed by atoms with van der Waals surface area (Å²) in [7, 11) is 1.48. The van der Waals surface area contributed by atoms with Gasteiger partial charge in [0.25, 0.3) is 0 Å². The summed E-state index contributed by atoms with van der Waals surface area (Å²) in [5.41, 5.74) is 7.63. The molecular formula is C14H12F3NO2. The van der Waals surface area contributed by atoms with E-state index in [-0.39, 0.29) is 5.75 Å². The standard InChI is InChI=1S/C14H12F3NO2/c1-19-13-11(3-2-4-12(13)18)9-5-7-10(8-6-9)20-14(15,16)17/h2-8H,18H2,1H3. The summed E-state index contributed by atoms with van der Waals surface area (Å²) in [5.74, 6) is 0.209. The number of anilines is 1. The molecule has 0 saturated heterocycles. The van der Waals surface area contributed by atoms with E-state index in [9.17, 15) is 13.2 Å². The van der Waals surface area contributed by atoms with Crippen LogP contribution < -0.4 is 15.2 Å². The maximum atomic E-state index is 12.1. The van der Waals surface area contributed by atoms with Crippen molar-refractivity contribution >= 4 is 5.69 Å². The number of hydrogen-bond acceptors (Lipinski definition) is 3. The molecule has 0 aliphatic rings. The van der Waals surface area contributed by atoms with Crippen molar-refractivity contribution in [1.29, 1.82) is 0 Å². The lowest BCUT2D eigenvalue weighted by molar-refractivity contribution is -0.274. The number of nitrogens with two attached hydrogens (primary N) is 1. The molecule has 106 valence electrons. The van der Waals surface area contributed by atoms with E-state index in [0.29, 0.717) is 22.6 Å². The van der Waals surface area contributed by atoms with Crippen LogP contribution in [-0.2, 0) is 0 Å². The second kappa shape index (κ2) is 5.32. The summed E-state index contributed by atoms with van der Waals surface area (Å²) in [6, 6.07) is 10.7. The topological polar surface area (TPSA) is 44.5 Å². The molecule has 2 aromatic carbocycles. The first-order chi connectivity index (χ1) is 9.40. The third-order valence-corrected chi connectivity index (χ3v) is 2.65. The summed E-state index contributed by atoms with van der Waals surface area (Å²) < 4.78 is 45.3. The van der Waals surface area contributed by atoms with Gasteiger partial charge in [-0.15, -0.1) is 13.2 Å². The summed E-state index contributed by atoms with van der Waals surface area (Å²) >= 11 is 0. The van der Waals surface area contributed by atoms with Crippen LogP contribution in [0, 0.1) is 0 Å². The normalized spacial score (nSPS) is 11.2. The van der Waals surface area contributed by atoms with E-state index in [4.69, 9.17) is 10.5 Å². The Morgan fingerprint density at radius 2 is 1.65 bits per heavy atom. The van der Waals surface area contributed by atoms with Crippen molar-refractivity contribution in [1.82, 2.24) is 0 Å². The minimum Gasteiger partial charge on any atom is -0.494 e. The molecule has 0 amide bonds. The van der Waals surface area contributed by atoms with Crippen LogP contribution in [0.15, 0.2) is 42.5 Å². The molecule has 2 rings (SSSR count). The molecule has 0 radical (unpaired) electrons. The molecule has 0 fully saturated rings. The summed E-state index contributed by atoms with van der Waals surface area (Å²) in [6.45, 7) is 0. The lowest BCUT2D eigenvalue weighted by Crippen LogP contribution is -2.16. The zero-order valence-electron chi connectivity index (χ0n) is 10.6. The quantitative estimate of drug-likeness (QED) is 0.870. The lowest BCUT2D eigenvalue weighted by atomic mass is 10.0. The Morgan fingerprint density at radius 1 is 1.00 bits per heavy atom. The minimum absolute atomic E-state index is 0.274. The van der Waals surface area contributed by atoms with Gasteiger partial charge in [-0.1, -0.05) is 24.3 Å². The van der Waals surface area contributed by atoms with E-state index in [1.807, 2.05) is 0 Å². The van der Waals surface area contributed by atoms with Crippen molar-refractivity contribution in [3.05, 3.63) is 42.5 Å². The van der Waals surface area contributed by atoms with Crippen molar-refractivity contribution in [2.45, 2.75) is 6.36 Å². The molecule has 20 heavy (non-hydrogen) atoms. The van der Waals surface area contributed by atoms with Crippen molar-refractivity contribution < 1.29 is 22.6 Å². The van der Waals surface area contributed by atoms with Gasteiger partial charge in [0.15, 0.2) is 0 Å². The fourth-order valence-corrected chi connectivity index (χ4v) is 1.85. The predicted octanol–water partition coefficient (Wildman–Crippen LogP) is 3.84. The van der Waals surface area contributed by atoms with Crippen molar-refractivity contribution in [2.75, 3.05) is 12.8 Å². The van der Waals surface area contributed by atoms with Crippen LogP contribution in [0.4, 0.5) is 18.9 Å². The van der Waals surface area contributed by atoms with E-state index < -0.39 is 6.36 Å².